The number of imidazole rings is 1. The summed E-state index contributed by atoms with van der Waals surface area (Å²) in [6, 6.07) is 6.22. The first-order chi connectivity index (χ1) is 11.6. The van der Waals surface area contributed by atoms with Crippen molar-refractivity contribution in [2.24, 2.45) is 7.05 Å². The number of hydrogen-bond acceptors (Lipinski definition) is 3. The van der Waals surface area contributed by atoms with Gasteiger partial charge in [-0.05, 0) is 31.0 Å². The summed E-state index contributed by atoms with van der Waals surface area (Å²) < 4.78 is 2.04. The molecule has 1 aromatic carbocycles. The third-order valence-corrected chi connectivity index (χ3v) is 4.24. The average Bonchev–Trinajstić information content (AvgIpc) is 2.87. The number of carboxylic acid groups (broad SMARTS) is 1. The molecule has 1 aromatic heterocycles. The van der Waals surface area contributed by atoms with E-state index in [-0.39, 0.29) is 6.42 Å². The Bertz CT molecular complexity index is 712. The van der Waals surface area contributed by atoms with Crippen LogP contribution in [0.4, 0.5) is 5.69 Å². The number of alkyl halides is 1. The van der Waals surface area contributed by atoms with E-state index >= 15 is 0 Å². The molecule has 1 N–H and O–H groups in total. The van der Waals surface area contributed by atoms with Crippen molar-refractivity contribution in [3.05, 3.63) is 36.7 Å². The molecule has 2 rings (SSSR count). The van der Waals surface area contributed by atoms with Crippen molar-refractivity contribution in [2.45, 2.75) is 25.7 Å². The van der Waals surface area contributed by atoms with Crippen molar-refractivity contribution < 1.29 is 9.90 Å². The van der Waals surface area contributed by atoms with Crippen LogP contribution in [0, 0.1) is 0 Å². The van der Waals surface area contributed by atoms with E-state index in [1.165, 1.54) is 0 Å². The van der Waals surface area contributed by atoms with E-state index in [1.54, 1.807) is 0 Å². The second-order valence-electron chi connectivity index (χ2n) is 5.76. The Kier molecular flexibility index (Phi) is 6.67. The van der Waals surface area contributed by atoms with Crippen LogP contribution >= 0.6 is 11.6 Å². The van der Waals surface area contributed by atoms with Crippen LogP contribution in [0.15, 0.2) is 30.9 Å². The number of fused-ring (bicyclic) bond motifs is 1. The lowest BCUT2D eigenvalue weighted by Crippen LogP contribution is -2.26. The highest BCUT2D eigenvalue weighted by Gasteiger charge is 2.11. The van der Waals surface area contributed by atoms with Gasteiger partial charge in [-0.15, -0.1) is 18.2 Å². The number of aliphatic carboxylic acids is 1. The Morgan fingerprint density at radius 2 is 2.25 bits per heavy atom. The standard InChI is InChI=1S/C18H24ClN3O2/c1-3-4-11-22(12-10-19)14-8-9-16-15(13-14)20-17(21(16)2)6-5-7-18(23)24/h3,8-9,13H,1,4-7,10-12H2,2H3,(H,23,24). The highest BCUT2D eigenvalue weighted by molar-refractivity contribution is 6.18. The molecule has 0 unspecified atom stereocenters. The molecule has 0 aliphatic carbocycles. The third kappa shape index (κ3) is 4.51. The monoisotopic (exact) mass is 349 g/mol. The molecule has 0 saturated heterocycles. The van der Waals surface area contributed by atoms with Crippen LogP contribution in [-0.2, 0) is 18.3 Å². The van der Waals surface area contributed by atoms with Crippen LogP contribution in [0.5, 0.6) is 0 Å². The van der Waals surface area contributed by atoms with Crippen molar-refractivity contribution in [2.75, 3.05) is 23.9 Å². The molecule has 0 aliphatic rings. The second-order valence-corrected chi connectivity index (χ2v) is 6.14. The van der Waals surface area contributed by atoms with Crippen molar-refractivity contribution >= 4 is 34.3 Å². The lowest BCUT2D eigenvalue weighted by atomic mass is 10.2. The number of benzene rings is 1. The number of carbonyl (C=O) groups is 1. The summed E-state index contributed by atoms with van der Waals surface area (Å²) >= 11 is 5.92. The van der Waals surface area contributed by atoms with Crippen molar-refractivity contribution in [1.29, 1.82) is 0 Å². The summed E-state index contributed by atoms with van der Waals surface area (Å²) in [5.74, 6) is 0.714. The van der Waals surface area contributed by atoms with E-state index in [0.29, 0.717) is 18.7 Å². The van der Waals surface area contributed by atoms with Crippen LogP contribution in [0.2, 0.25) is 0 Å². The maximum absolute atomic E-state index is 10.7. The summed E-state index contributed by atoms with van der Waals surface area (Å²) in [7, 11) is 1.97. The molecule has 0 radical (unpaired) electrons. The number of rotatable bonds is 10. The summed E-state index contributed by atoms with van der Waals surface area (Å²) in [6.07, 6.45) is 4.23. The first-order valence-corrected chi connectivity index (χ1v) is 8.69. The SMILES string of the molecule is C=CCCN(CCCl)c1ccc2c(c1)nc(CCCC(=O)O)n2C. The molecular formula is C18H24ClN3O2. The minimum absolute atomic E-state index is 0.166. The van der Waals surface area contributed by atoms with Crippen LogP contribution < -0.4 is 4.90 Å². The van der Waals surface area contributed by atoms with Crippen LogP contribution in [0.1, 0.15) is 25.1 Å². The molecule has 2 aromatic rings. The number of anilines is 1. The zero-order valence-electron chi connectivity index (χ0n) is 14.0. The average molecular weight is 350 g/mol. The van der Waals surface area contributed by atoms with E-state index in [0.717, 1.165) is 42.1 Å². The van der Waals surface area contributed by atoms with Crippen LogP contribution in [0.25, 0.3) is 11.0 Å². The largest absolute Gasteiger partial charge is 0.481 e. The van der Waals surface area contributed by atoms with E-state index in [9.17, 15) is 4.79 Å². The van der Waals surface area contributed by atoms with E-state index in [4.69, 9.17) is 16.7 Å². The highest BCUT2D eigenvalue weighted by Crippen LogP contribution is 2.23. The van der Waals surface area contributed by atoms with Gasteiger partial charge in [0.05, 0.1) is 11.0 Å². The number of halogens is 1. The summed E-state index contributed by atoms with van der Waals surface area (Å²) in [4.78, 5) is 17.6. The summed E-state index contributed by atoms with van der Waals surface area (Å²) in [5, 5.41) is 8.77. The molecule has 0 saturated carbocycles. The number of carboxylic acids is 1. The smallest absolute Gasteiger partial charge is 0.303 e. The van der Waals surface area contributed by atoms with Crippen molar-refractivity contribution in [3.63, 3.8) is 0 Å². The van der Waals surface area contributed by atoms with Crippen LogP contribution in [-0.4, -0.2) is 39.6 Å². The zero-order chi connectivity index (χ0) is 17.5. The van der Waals surface area contributed by atoms with Gasteiger partial charge in [-0.2, -0.15) is 0 Å². The molecule has 6 heteroatoms. The van der Waals surface area contributed by atoms with Gasteiger partial charge in [0.15, 0.2) is 0 Å². The van der Waals surface area contributed by atoms with Crippen molar-refractivity contribution in [3.8, 4) is 0 Å². The molecule has 0 amide bonds. The first kappa shape index (κ1) is 18.3. The summed E-state index contributed by atoms with van der Waals surface area (Å²) in [5.41, 5.74) is 3.08. The summed E-state index contributed by atoms with van der Waals surface area (Å²) in [6.45, 7) is 5.43. The van der Waals surface area contributed by atoms with Gasteiger partial charge in [0.2, 0.25) is 0 Å². The maximum atomic E-state index is 10.7. The Balaban J connectivity index is 2.22. The van der Waals surface area contributed by atoms with Gasteiger partial charge in [-0.1, -0.05) is 6.08 Å². The number of nitrogens with zero attached hydrogens (tertiary/aromatic N) is 3. The van der Waals surface area contributed by atoms with Gasteiger partial charge in [-0.25, -0.2) is 4.98 Å². The molecule has 130 valence electrons. The molecule has 0 bridgehead atoms. The lowest BCUT2D eigenvalue weighted by Gasteiger charge is -2.23. The highest BCUT2D eigenvalue weighted by atomic mass is 35.5. The Morgan fingerprint density at radius 1 is 1.46 bits per heavy atom. The fourth-order valence-electron chi connectivity index (χ4n) is 2.78. The van der Waals surface area contributed by atoms with Gasteiger partial charge < -0.3 is 14.6 Å². The molecule has 24 heavy (non-hydrogen) atoms. The number of aromatic nitrogens is 2. The molecular weight excluding hydrogens is 326 g/mol. The van der Waals surface area contributed by atoms with E-state index < -0.39 is 5.97 Å². The molecule has 5 nitrogen and oxygen atoms in total. The fourth-order valence-corrected chi connectivity index (χ4v) is 2.98. The third-order valence-electron chi connectivity index (χ3n) is 4.07. The van der Waals surface area contributed by atoms with Gasteiger partial charge >= 0.3 is 5.97 Å². The number of hydrogen-bond donors (Lipinski definition) is 1. The second kappa shape index (κ2) is 8.73. The molecule has 0 atom stereocenters. The Morgan fingerprint density at radius 3 is 2.92 bits per heavy atom. The minimum Gasteiger partial charge on any atom is -0.481 e. The molecule has 0 spiro atoms. The first-order valence-electron chi connectivity index (χ1n) is 8.15. The van der Waals surface area contributed by atoms with Gasteiger partial charge in [0.25, 0.3) is 0 Å². The molecule has 1 heterocycles. The topological polar surface area (TPSA) is 58.4 Å². The fraction of sp³-hybridized carbons (Fsp3) is 0.444. The Hall–Kier alpha value is -2.01. The minimum atomic E-state index is -0.769. The van der Waals surface area contributed by atoms with Gasteiger partial charge in [-0.3, -0.25) is 4.79 Å². The van der Waals surface area contributed by atoms with Gasteiger partial charge in [0, 0.05) is 44.5 Å². The van der Waals surface area contributed by atoms with E-state index in [2.05, 4.69) is 34.7 Å². The lowest BCUT2D eigenvalue weighted by molar-refractivity contribution is -0.137. The molecule has 0 aliphatic heterocycles. The number of aryl methyl sites for hydroxylation is 2. The van der Waals surface area contributed by atoms with E-state index in [1.807, 2.05) is 17.7 Å². The predicted molar refractivity (Wildman–Crippen MR) is 99.0 cm³/mol. The quantitative estimate of drug-likeness (QED) is 0.526. The normalized spacial score (nSPS) is 10.9. The predicted octanol–water partition coefficient (Wildman–Crippen LogP) is 3.60. The van der Waals surface area contributed by atoms with Crippen LogP contribution in [0.3, 0.4) is 0 Å². The zero-order valence-corrected chi connectivity index (χ0v) is 14.8. The molecule has 0 fully saturated rings. The maximum Gasteiger partial charge on any atom is 0.303 e. The van der Waals surface area contributed by atoms with Crippen molar-refractivity contribution in [1.82, 2.24) is 9.55 Å². The van der Waals surface area contributed by atoms with Gasteiger partial charge in [0.1, 0.15) is 5.82 Å². The Labute approximate surface area is 147 Å².